The normalized spacial score (nSPS) is 12.8. The lowest BCUT2D eigenvalue weighted by atomic mass is 10.1. The van der Waals surface area contributed by atoms with Gasteiger partial charge in [0.05, 0.1) is 19.3 Å². The van der Waals surface area contributed by atoms with Gasteiger partial charge in [-0.25, -0.2) is 0 Å². The number of aliphatic hydroxyl groups is 1. The van der Waals surface area contributed by atoms with Crippen LogP contribution in [0.25, 0.3) is 0 Å². The largest absolute Gasteiger partial charge is 0.389 e. The molecule has 24 heavy (non-hydrogen) atoms. The zero-order chi connectivity index (χ0) is 17.4. The van der Waals surface area contributed by atoms with Crippen molar-refractivity contribution in [3.05, 3.63) is 71.3 Å². The predicted octanol–water partition coefficient (Wildman–Crippen LogP) is 3.78. The molecule has 2 aromatic carbocycles. The van der Waals surface area contributed by atoms with Crippen LogP contribution in [-0.4, -0.2) is 35.3 Å². The second kappa shape index (κ2) is 9.58. The summed E-state index contributed by atoms with van der Waals surface area (Å²) in [6.45, 7) is 8.81. The van der Waals surface area contributed by atoms with Crippen LogP contribution in [-0.2, 0) is 17.9 Å². The topological polar surface area (TPSA) is 32.7 Å². The second-order valence-corrected chi connectivity index (χ2v) is 6.60. The Morgan fingerprint density at radius 1 is 1.00 bits per heavy atom. The Morgan fingerprint density at radius 3 is 2.33 bits per heavy atom. The molecule has 1 N–H and O–H groups in total. The van der Waals surface area contributed by atoms with Crippen LogP contribution in [0.15, 0.2) is 54.6 Å². The average Bonchev–Trinajstić information content (AvgIpc) is 2.57. The molecule has 0 saturated heterocycles. The third-order valence-electron chi connectivity index (χ3n) is 4.23. The molecule has 3 nitrogen and oxygen atoms in total. The molecule has 0 fully saturated rings. The Bertz CT molecular complexity index is 598. The average molecular weight is 327 g/mol. The van der Waals surface area contributed by atoms with Crippen molar-refractivity contribution in [2.75, 3.05) is 13.2 Å². The summed E-state index contributed by atoms with van der Waals surface area (Å²) in [7, 11) is 0. The van der Waals surface area contributed by atoms with Crippen LogP contribution in [0.5, 0.6) is 0 Å². The van der Waals surface area contributed by atoms with E-state index in [4.69, 9.17) is 4.74 Å². The second-order valence-electron chi connectivity index (χ2n) is 6.60. The summed E-state index contributed by atoms with van der Waals surface area (Å²) in [5.74, 6) is 0. The molecule has 2 rings (SSSR count). The Morgan fingerprint density at radius 2 is 1.67 bits per heavy atom. The van der Waals surface area contributed by atoms with E-state index in [0.717, 1.165) is 12.1 Å². The van der Waals surface area contributed by atoms with Crippen LogP contribution < -0.4 is 0 Å². The molecule has 0 saturated carbocycles. The minimum Gasteiger partial charge on any atom is -0.389 e. The van der Waals surface area contributed by atoms with Gasteiger partial charge in [0.25, 0.3) is 0 Å². The highest BCUT2D eigenvalue weighted by Gasteiger charge is 2.16. The number of rotatable bonds is 9. The van der Waals surface area contributed by atoms with Crippen molar-refractivity contribution < 1.29 is 9.84 Å². The van der Waals surface area contributed by atoms with E-state index in [1.807, 2.05) is 30.3 Å². The minimum absolute atomic E-state index is 0.353. The Hall–Kier alpha value is -1.68. The van der Waals surface area contributed by atoms with Crippen molar-refractivity contribution in [1.29, 1.82) is 0 Å². The molecule has 0 aromatic heterocycles. The van der Waals surface area contributed by atoms with Crippen molar-refractivity contribution in [2.45, 2.75) is 46.1 Å². The summed E-state index contributed by atoms with van der Waals surface area (Å²) in [6.07, 6.45) is -0.486. The number of hydrogen-bond donors (Lipinski definition) is 1. The zero-order valence-electron chi connectivity index (χ0n) is 15.0. The molecule has 1 unspecified atom stereocenters. The van der Waals surface area contributed by atoms with E-state index < -0.39 is 6.10 Å². The molecule has 0 bridgehead atoms. The third kappa shape index (κ3) is 6.08. The van der Waals surface area contributed by atoms with Crippen LogP contribution in [0.3, 0.4) is 0 Å². The van der Waals surface area contributed by atoms with E-state index in [-0.39, 0.29) is 0 Å². The van der Waals surface area contributed by atoms with Crippen LogP contribution in [0.4, 0.5) is 0 Å². The molecule has 0 aliphatic heterocycles. The molecule has 3 heteroatoms. The van der Waals surface area contributed by atoms with Gasteiger partial charge in [0.15, 0.2) is 0 Å². The quantitative estimate of drug-likeness (QED) is 0.761. The molecule has 2 aromatic rings. The summed E-state index contributed by atoms with van der Waals surface area (Å²) in [6, 6.07) is 18.8. The fourth-order valence-electron chi connectivity index (χ4n) is 2.67. The minimum atomic E-state index is -0.486. The highest BCUT2D eigenvalue weighted by atomic mass is 16.5. The van der Waals surface area contributed by atoms with E-state index >= 15 is 0 Å². The van der Waals surface area contributed by atoms with Crippen LogP contribution >= 0.6 is 0 Å². The lowest BCUT2D eigenvalue weighted by Gasteiger charge is -2.29. The number of nitrogens with zero attached hydrogens (tertiary/aromatic N) is 1. The summed E-state index contributed by atoms with van der Waals surface area (Å²) >= 11 is 0. The number of aliphatic hydroxyl groups excluding tert-OH is 1. The lowest BCUT2D eigenvalue weighted by Crippen LogP contribution is -2.39. The molecule has 0 aliphatic carbocycles. The van der Waals surface area contributed by atoms with E-state index in [0.29, 0.717) is 25.8 Å². The van der Waals surface area contributed by atoms with E-state index in [1.165, 1.54) is 11.1 Å². The van der Waals surface area contributed by atoms with Gasteiger partial charge in [0.1, 0.15) is 0 Å². The Labute approximate surface area is 145 Å². The highest BCUT2D eigenvalue weighted by Crippen LogP contribution is 2.13. The van der Waals surface area contributed by atoms with E-state index in [1.54, 1.807) is 0 Å². The summed E-state index contributed by atoms with van der Waals surface area (Å²) < 4.78 is 5.66. The molecule has 0 amide bonds. The van der Waals surface area contributed by atoms with Gasteiger partial charge in [-0.3, -0.25) is 4.90 Å². The summed E-state index contributed by atoms with van der Waals surface area (Å²) in [5, 5.41) is 10.3. The van der Waals surface area contributed by atoms with Crippen molar-refractivity contribution in [3.8, 4) is 0 Å². The van der Waals surface area contributed by atoms with Gasteiger partial charge in [0.2, 0.25) is 0 Å². The van der Waals surface area contributed by atoms with E-state index in [2.05, 4.69) is 49.9 Å². The van der Waals surface area contributed by atoms with Gasteiger partial charge in [-0.2, -0.15) is 0 Å². The number of ether oxygens (including phenoxy) is 1. The number of hydrogen-bond acceptors (Lipinski definition) is 3. The van der Waals surface area contributed by atoms with Crippen LogP contribution in [0, 0.1) is 6.92 Å². The molecule has 0 heterocycles. The first-order chi connectivity index (χ1) is 11.6. The summed E-state index contributed by atoms with van der Waals surface area (Å²) in [4.78, 5) is 2.29. The SMILES string of the molecule is Cc1ccccc1CN(CC(O)COCc1ccccc1)C(C)C. The molecule has 1 atom stereocenters. The molecular formula is C21H29NO2. The summed E-state index contributed by atoms with van der Waals surface area (Å²) in [5.41, 5.74) is 3.73. The Balaban J connectivity index is 1.82. The fraction of sp³-hybridized carbons (Fsp3) is 0.429. The van der Waals surface area contributed by atoms with Gasteiger partial charge in [-0.1, -0.05) is 54.6 Å². The van der Waals surface area contributed by atoms with Gasteiger partial charge >= 0.3 is 0 Å². The monoisotopic (exact) mass is 327 g/mol. The molecule has 0 aliphatic rings. The third-order valence-corrected chi connectivity index (χ3v) is 4.23. The van der Waals surface area contributed by atoms with Gasteiger partial charge < -0.3 is 9.84 Å². The molecule has 130 valence electrons. The first kappa shape index (κ1) is 18.7. The number of aryl methyl sites for hydroxylation is 1. The number of benzene rings is 2. The Kier molecular flexibility index (Phi) is 7.44. The molecule has 0 radical (unpaired) electrons. The fourth-order valence-corrected chi connectivity index (χ4v) is 2.67. The van der Waals surface area contributed by atoms with Crippen molar-refractivity contribution in [3.63, 3.8) is 0 Å². The molecule has 0 spiro atoms. The van der Waals surface area contributed by atoms with Gasteiger partial charge in [-0.15, -0.1) is 0 Å². The van der Waals surface area contributed by atoms with Crippen LogP contribution in [0.1, 0.15) is 30.5 Å². The standard InChI is InChI=1S/C21H29NO2/c1-17(2)22(13-20-12-8-7-9-18(20)3)14-21(23)16-24-15-19-10-5-4-6-11-19/h4-12,17,21,23H,13-16H2,1-3H3. The van der Waals surface area contributed by atoms with Crippen molar-refractivity contribution in [1.82, 2.24) is 4.90 Å². The van der Waals surface area contributed by atoms with Crippen LogP contribution in [0.2, 0.25) is 0 Å². The maximum absolute atomic E-state index is 10.3. The first-order valence-electron chi connectivity index (χ1n) is 8.64. The zero-order valence-corrected chi connectivity index (χ0v) is 15.0. The molecular weight excluding hydrogens is 298 g/mol. The lowest BCUT2D eigenvalue weighted by molar-refractivity contribution is 0.00311. The van der Waals surface area contributed by atoms with Gasteiger partial charge in [0, 0.05) is 19.1 Å². The van der Waals surface area contributed by atoms with Crippen molar-refractivity contribution >= 4 is 0 Å². The maximum Gasteiger partial charge on any atom is 0.0900 e. The van der Waals surface area contributed by atoms with Crippen molar-refractivity contribution in [2.24, 2.45) is 0 Å². The van der Waals surface area contributed by atoms with Gasteiger partial charge in [-0.05, 0) is 37.5 Å². The predicted molar refractivity (Wildman–Crippen MR) is 98.8 cm³/mol. The smallest absolute Gasteiger partial charge is 0.0900 e. The first-order valence-corrected chi connectivity index (χ1v) is 8.64. The maximum atomic E-state index is 10.3. The van der Waals surface area contributed by atoms with E-state index in [9.17, 15) is 5.11 Å². The highest BCUT2D eigenvalue weighted by molar-refractivity contribution is 5.25.